The highest BCUT2D eigenvalue weighted by molar-refractivity contribution is 9.10. The smallest absolute Gasteiger partial charge is 0.298 e. The van der Waals surface area contributed by atoms with Gasteiger partial charge in [0.15, 0.2) is 0 Å². The second kappa shape index (κ2) is 5.28. The molecule has 0 N–H and O–H groups in total. The summed E-state index contributed by atoms with van der Waals surface area (Å²) >= 11 is 5.08. The van der Waals surface area contributed by atoms with E-state index in [0.29, 0.717) is 13.1 Å². The summed E-state index contributed by atoms with van der Waals surface area (Å²) in [7, 11) is 0. The van der Waals surface area contributed by atoms with Crippen molar-refractivity contribution in [1.29, 1.82) is 0 Å². The topological polar surface area (TPSA) is 3.24 Å². The van der Waals surface area contributed by atoms with Crippen LogP contribution in [0.25, 0.3) is 0 Å². The monoisotopic (exact) mass is 327 g/mol. The highest BCUT2D eigenvalue weighted by atomic mass is 79.9. The summed E-state index contributed by atoms with van der Waals surface area (Å²) in [6.45, 7) is 1.83. The molecule has 0 spiro atoms. The Morgan fingerprint density at radius 3 is 2.47 bits per heavy atom. The fourth-order valence-corrected chi connectivity index (χ4v) is 3.58. The van der Waals surface area contributed by atoms with Crippen molar-refractivity contribution in [2.75, 3.05) is 13.1 Å². The molecule has 0 unspecified atom stereocenters. The first-order chi connectivity index (χ1) is 7.97. The van der Waals surface area contributed by atoms with Crippen molar-refractivity contribution in [3.63, 3.8) is 0 Å². The molecule has 1 aliphatic rings. The van der Waals surface area contributed by atoms with E-state index in [0.717, 1.165) is 11.0 Å². The second-order valence-corrected chi connectivity index (χ2v) is 6.14. The molecule has 0 aliphatic carbocycles. The third kappa shape index (κ3) is 3.45. The highest BCUT2D eigenvalue weighted by Gasteiger charge is 2.40. The van der Waals surface area contributed by atoms with E-state index in [-0.39, 0.29) is 12.8 Å². The van der Waals surface area contributed by atoms with E-state index in [2.05, 4.69) is 20.8 Å². The van der Waals surface area contributed by atoms with E-state index in [1.54, 1.807) is 11.3 Å². The maximum absolute atomic E-state index is 12.5. The third-order valence-electron chi connectivity index (χ3n) is 3.11. The Labute approximate surface area is 111 Å². The predicted octanol–water partition coefficient (Wildman–Crippen LogP) is 4.28. The summed E-state index contributed by atoms with van der Waals surface area (Å²) in [4.78, 5) is 3.29. The van der Waals surface area contributed by atoms with Gasteiger partial charge in [0.2, 0.25) is 0 Å². The number of nitrogens with zero attached hydrogens (tertiary/aromatic N) is 1. The molecule has 0 amide bonds. The molecule has 17 heavy (non-hydrogen) atoms. The minimum absolute atomic E-state index is 0.229. The van der Waals surface area contributed by atoms with E-state index in [1.807, 2.05) is 11.4 Å². The average molecular weight is 328 g/mol. The molecule has 1 aliphatic heterocycles. The van der Waals surface area contributed by atoms with Crippen molar-refractivity contribution in [2.45, 2.75) is 25.6 Å². The van der Waals surface area contributed by atoms with Crippen LogP contribution < -0.4 is 0 Å². The zero-order valence-electron chi connectivity index (χ0n) is 9.13. The molecule has 1 aromatic rings. The van der Waals surface area contributed by atoms with Crippen molar-refractivity contribution in [3.05, 3.63) is 20.8 Å². The highest BCUT2D eigenvalue weighted by Crippen LogP contribution is 2.35. The van der Waals surface area contributed by atoms with E-state index in [1.165, 1.54) is 4.88 Å². The summed E-state index contributed by atoms with van der Waals surface area (Å²) in [5, 5.41) is 1.99. The quantitative estimate of drug-likeness (QED) is 0.783. The van der Waals surface area contributed by atoms with Gasteiger partial charge >= 0.3 is 6.18 Å². The molecule has 2 heterocycles. The van der Waals surface area contributed by atoms with E-state index in [9.17, 15) is 13.2 Å². The summed E-state index contributed by atoms with van der Waals surface area (Å²) < 4.78 is 38.5. The Morgan fingerprint density at radius 2 is 2.00 bits per heavy atom. The van der Waals surface area contributed by atoms with Crippen LogP contribution in [0.1, 0.15) is 17.7 Å². The first kappa shape index (κ1) is 13.4. The molecule has 0 radical (unpaired) electrons. The van der Waals surface area contributed by atoms with Gasteiger partial charge in [-0.05, 0) is 53.3 Å². The van der Waals surface area contributed by atoms with Crippen molar-refractivity contribution >= 4 is 27.3 Å². The van der Waals surface area contributed by atoms with Crippen molar-refractivity contribution in [1.82, 2.24) is 4.90 Å². The van der Waals surface area contributed by atoms with Gasteiger partial charge in [-0.2, -0.15) is 13.2 Å². The van der Waals surface area contributed by atoms with Crippen LogP contribution in [0, 0.1) is 5.92 Å². The van der Waals surface area contributed by atoms with Gasteiger partial charge in [-0.15, -0.1) is 11.3 Å². The minimum atomic E-state index is -4.02. The lowest BCUT2D eigenvalue weighted by atomic mass is 9.96. The van der Waals surface area contributed by atoms with E-state index < -0.39 is 12.1 Å². The summed E-state index contributed by atoms with van der Waals surface area (Å²) in [6.07, 6.45) is -3.56. The Morgan fingerprint density at radius 1 is 1.35 bits per heavy atom. The molecule has 96 valence electrons. The summed E-state index contributed by atoms with van der Waals surface area (Å²) in [6, 6.07) is 1.97. The fraction of sp³-hybridized carbons (Fsp3) is 0.636. The van der Waals surface area contributed by atoms with Crippen molar-refractivity contribution in [2.24, 2.45) is 5.92 Å². The molecule has 1 fully saturated rings. The predicted molar refractivity (Wildman–Crippen MR) is 66.1 cm³/mol. The van der Waals surface area contributed by atoms with Crippen LogP contribution in [-0.4, -0.2) is 24.2 Å². The number of hydrogen-bond acceptors (Lipinski definition) is 2. The lowest BCUT2D eigenvalue weighted by Crippen LogP contribution is -2.38. The van der Waals surface area contributed by atoms with Crippen LogP contribution in [-0.2, 0) is 6.54 Å². The SMILES string of the molecule is FC(F)(F)C1CCN(Cc2sccc2Br)CC1. The number of piperidine rings is 1. The number of alkyl halides is 3. The van der Waals surface area contributed by atoms with Crippen molar-refractivity contribution in [3.8, 4) is 0 Å². The van der Waals surface area contributed by atoms with Gasteiger partial charge in [0.05, 0.1) is 5.92 Å². The van der Waals surface area contributed by atoms with Crippen LogP contribution in [0.2, 0.25) is 0 Å². The maximum Gasteiger partial charge on any atom is 0.391 e. The second-order valence-electron chi connectivity index (χ2n) is 4.28. The third-order valence-corrected chi connectivity index (χ3v) is 5.02. The Balaban J connectivity index is 1.86. The first-order valence-corrected chi connectivity index (χ1v) is 7.15. The Kier molecular flexibility index (Phi) is 4.15. The fourth-order valence-electron chi connectivity index (χ4n) is 2.06. The molecule has 2 rings (SSSR count). The van der Waals surface area contributed by atoms with Crippen LogP contribution in [0.5, 0.6) is 0 Å². The molecule has 0 aromatic carbocycles. The van der Waals surface area contributed by atoms with Crippen LogP contribution in [0.15, 0.2) is 15.9 Å². The van der Waals surface area contributed by atoms with Gasteiger partial charge in [-0.25, -0.2) is 0 Å². The molecular formula is C11H13BrF3NS. The lowest BCUT2D eigenvalue weighted by Gasteiger charge is -2.32. The van der Waals surface area contributed by atoms with Gasteiger partial charge in [-0.1, -0.05) is 0 Å². The largest absolute Gasteiger partial charge is 0.391 e. The summed E-state index contributed by atoms with van der Waals surface area (Å²) in [5.41, 5.74) is 0. The summed E-state index contributed by atoms with van der Waals surface area (Å²) in [5.74, 6) is -1.11. The molecule has 6 heteroatoms. The maximum atomic E-state index is 12.5. The standard InChI is InChI=1S/C11H13BrF3NS/c12-9-3-6-17-10(9)7-16-4-1-8(2-5-16)11(13,14)15/h3,6,8H,1-2,4-5,7H2. The number of likely N-dealkylation sites (tertiary alicyclic amines) is 1. The van der Waals surface area contributed by atoms with Gasteiger partial charge in [-0.3, -0.25) is 4.90 Å². The van der Waals surface area contributed by atoms with Crippen LogP contribution in [0.3, 0.4) is 0 Å². The normalized spacial score (nSPS) is 19.8. The molecule has 1 nitrogen and oxygen atoms in total. The van der Waals surface area contributed by atoms with Crippen LogP contribution >= 0.6 is 27.3 Å². The lowest BCUT2D eigenvalue weighted by molar-refractivity contribution is -0.185. The van der Waals surface area contributed by atoms with Gasteiger partial charge in [0.1, 0.15) is 0 Å². The molecule has 0 saturated carbocycles. The van der Waals surface area contributed by atoms with Crippen LogP contribution in [0.4, 0.5) is 13.2 Å². The molecule has 0 bridgehead atoms. The molecule has 1 aromatic heterocycles. The molecular weight excluding hydrogens is 315 g/mol. The number of thiophene rings is 1. The molecule has 0 atom stereocenters. The van der Waals surface area contributed by atoms with Gasteiger partial charge in [0.25, 0.3) is 0 Å². The van der Waals surface area contributed by atoms with E-state index >= 15 is 0 Å². The Hall–Kier alpha value is -0.0700. The van der Waals surface area contributed by atoms with Crippen molar-refractivity contribution < 1.29 is 13.2 Å². The van der Waals surface area contributed by atoms with E-state index in [4.69, 9.17) is 0 Å². The minimum Gasteiger partial charge on any atom is -0.298 e. The number of hydrogen-bond donors (Lipinski definition) is 0. The van der Waals surface area contributed by atoms with Gasteiger partial charge < -0.3 is 0 Å². The van der Waals surface area contributed by atoms with Gasteiger partial charge in [0, 0.05) is 15.9 Å². The zero-order chi connectivity index (χ0) is 12.5. The number of rotatable bonds is 2. The zero-order valence-corrected chi connectivity index (χ0v) is 11.5. The first-order valence-electron chi connectivity index (χ1n) is 5.48. The Bertz CT molecular complexity index is 369. The molecule has 1 saturated heterocycles. The number of halogens is 4. The average Bonchev–Trinajstić information content (AvgIpc) is 2.64.